The Bertz CT molecular complexity index is 721. The summed E-state index contributed by atoms with van der Waals surface area (Å²) in [4.78, 5) is 17.8. The van der Waals surface area contributed by atoms with E-state index in [0.717, 1.165) is 18.5 Å². The van der Waals surface area contributed by atoms with Crippen LogP contribution < -0.4 is 4.74 Å². The first-order valence-corrected chi connectivity index (χ1v) is 7.38. The molecule has 0 bridgehead atoms. The Balaban J connectivity index is 1.65. The summed E-state index contributed by atoms with van der Waals surface area (Å²) in [6.45, 7) is 0.429. The molecule has 0 aliphatic carbocycles. The van der Waals surface area contributed by atoms with E-state index in [1.807, 2.05) is 0 Å². The Morgan fingerprint density at radius 2 is 2.24 bits per heavy atom. The average Bonchev–Trinajstić information content (AvgIpc) is 3.14. The highest BCUT2D eigenvalue weighted by atomic mass is 19.4. The fourth-order valence-corrected chi connectivity index (χ4v) is 2.43. The molecule has 1 aromatic carbocycles. The molecule has 2 aromatic rings. The molecule has 0 spiro atoms. The van der Waals surface area contributed by atoms with Crippen molar-refractivity contribution >= 4 is 5.91 Å². The maximum absolute atomic E-state index is 12.7. The molecule has 2 heterocycles. The zero-order valence-electron chi connectivity index (χ0n) is 12.9. The van der Waals surface area contributed by atoms with Crippen LogP contribution in [0.5, 0.6) is 5.75 Å². The smallest absolute Gasteiger partial charge is 0.416 e. The first-order chi connectivity index (χ1) is 11.9. The topological polar surface area (TPSA) is 77.7 Å². The number of carbonyl (C=O) groups is 1. The lowest BCUT2D eigenvalue weighted by Gasteiger charge is -2.33. The van der Waals surface area contributed by atoms with Crippen LogP contribution in [-0.2, 0) is 15.7 Å². The number of halogens is 3. The van der Waals surface area contributed by atoms with E-state index in [4.69, 9.17) is 9.47 Å². The van der Waals surface area contributed by atoms with Gasteiger partial charge in [-0.2, -0.15) is 18.2 Å². The molecule has 1 atom stereocenters. The van der Waals surface area contributed by atoms with Gasteiger partial charge in [0.2, 0.25) is 6.39 Å². The van der Waals surface area contributed by atoms with E-state index in [2.05, 4.69) is 14.7 Å². The molecule has 7 nitrogen and oxygen atoms in total. The summed E-state index contributed by atoms with van der Waals surface area (Å²) >= 11 is 0. The van der Waals surface area contributed by atoms with Crippen molar-refractivity contribution in [2.75, 3.05) is 26.4 Å². The largest absolute Gasteiger partial charge is 0.484 e. The van der Waals surface area contributed by atoms with Crippen molar-refractivity contribution < 1.29 is 32.0 Å². The Hall–Kier alpha value is -2.62. The minimum absolute atomic E-state index is 0.0347. The quantitative estimate of drug-likeness (QED) is 0.834. The molecular formula is C15H14F3N3O4. The molecule has 0 saturated carbocycles. The predicted molar refractivity (Wildman–Crippen MR) is 76.5 cm³/mol. The van der Waals surface area contributed by atoms with E-state index in [1.165, 1.54) is 17.0 Å². The Morgan fingerprint density at radius 3 is 2.96 bits per heavy atom. The predicted octanol–water partition coefficient (Wildman–Crippen LogP) is 2.07. The van der Waals surface area contributed by atoms with E-state index < -0.39 is 30.3 Å². The van der Waals surface area contributed by atoms with Crippen molar-refractivity contribution in [1.29, 1.82) is 0 Å². The molecule has 134 valence electrons. The maximum Gasteiger partial charge on any atom is 0.416 e. The number of aromatic nitrogens is 2. The van der Waals surface area contributed by atoms with Crippen molar-refractivity contribution in [3.05, 3.63) is 42.0 Å². The second kappa shape index (κ2) is 7.09. The van der Waals surface area contributed by atoms with Crippen LogP contribution in [0.15, 0.2) is 35.2 Å². The van der Waals surface area contributed by atoms with Crippen LogP contribution in [0.3, 0.4) is 0 Å². The van der Waals surface area contributed by atoms with Gasteiger partial charge in [-0.25, -0.2) is 0 Å². The SMILES string of the molecule is O=C(COc1cccc(C(F)(F)F)c1)N1CCOC[C@H]1c1ncon1. The van der Waals surface area contributed by atoms with Crippen LogP contribution >= 0.6 is 0 Å². The van der Waals surface area contributed by atoms with Crippen LogP contribution in [-0.4, -0.2) is 47.3 Å². The highest BCUT2D eigenvalue weighted by molar-refractivity contribution is 5.78. The Labute approximate surface area is 140 Å². The number of ether oxygens (including phenoxy) is 2. The minimum Gasteiger partial charge on any atom is -0.484 e. The van der Waals surface area contributed by atoms with E-state index in [0.29, 0.717) is 19.0 Å². The van der Waals surface area contributed by atoms with Crippen molar-refractivity contribution in [2.45, 2.75) is 12.2 Å². The fourth-order valence-electron chi connectivity index (χ4n) is 2.43. The van der Waals surface area contributed by atoms with Crippen molar-refractivity contribution in [3.8, 4) is 5.75 Å². The molecule has 1 aromatic heterocycles. The maximum atomic E-state index is 12.7. The average molecular weight is 357 g/mol. The highest BCUT2D eigenvalue weighted by Gasteiger charge is 2.32. The number of hydrogen-bond acceptors (Lipinski definition) is 6. The Morgan fingerprint density at radius 1 is 1.40 bits per heavy atom. The summed E-state index contributed by atoms with van der Waals surface area (Å²) in [6.07, 6.45) is -3.33. The van der Waals surface area contributed by atoms with Crippen LogP contribution in [0.1, 0.15) is 17.4 Å². The lowest BCUT2D eigenvalue weighted by molar-refractivity contribution is -0.142. The van der Waals surface area contributed by atoms with Gasteiger partial charge < -0.3 is 18.9 Å². The zero-order chi connectivity index (χ0) is 17.9. The number of amides is 1. The van der Waals surface area contributed by atoms with Gasteiger partial charge >= 0.3 is 6.18 Å². The van der Waals surface area contributed by atoms with Gasteiger partial charge in [-0.1, -0.05) is 11.2 Å². The fraction of sp³-hybridized carbons (Fsp3) is 0.400. The van der Waals surface area contributed by atoms with Crippen LogP contribution in [0, 0.1) is 0 Å². The van der Waals surface area contributed by atoms with Gasteiger partial charge in [0, 0.05) is 6.54 Å². The summed E-state index contributed by atoms with van der Waals surface area (Å²) in [5.74, 6) is -0.143. The third-order valence-electron chi connectivity index (χ3n) is 3.65. The van der Waals surface area contributed by atoms with Gasteiger partial charge in [-0.15, -0.1) is 0 Å². The molecular weight excluding hydrogens is 343 g/mol. The van der Waals surface area contributed by atoms with Crippen molar-refractivity contribution in [2.24, 2.45) is 0 Å². The summed E-state index contributed by atoms with van der Waals surface area (Å²) in [5, 5.41) is 3.70. The van der Waals surface area contributed by atoms with Gasteiger partial charge in [-0.05, 0) is 18.2 Å². The normalized spacial score (nSPS) is 18.2. The molecule has 1 aliphatic heterocycles. The molecule has 1 fully saturated rings. The van der Waals surface area contributed by atoms with Crippen LogP contribution in [0.2, 0.25) is 0 Å². The number of hydrogen-bond donors (Lipinski definition) is 0. The van der Waals surface area contributed by atoms with Gasteiger partial charge in [0.15, 0.2) is 12.4 Å². The molecule has 1 amide bonds. The molecule has 3 rings (SSSR count). The molecule has 0 unspecified atom stereocenters. The third kappa shape index (κ3) is 4.08. The number of rotatable bonds is 4. The molecule has 1 saturated heterocycles. The third-order valence-corrected chi connectivity index (χ3v) is 3.65. The first-order valence-electron chi connectivity index (χ1n) is 7.38. The molecule has 0 N–H and O–H groups in total. The minimum atomic E-state index is -4.47. The molecule has 0 radical (unpaired) electrons. The summed E-state index contributed by atoms with van der Waals surface area (Å²) < 4.78 is 53.3. The zero-order valence-corrected chi connectivity index (χ0v) is 12.9. The van der Waals surface area contributed by atoms with Crippen LogP contribution in [0.4, 0.5) is 13.2 Å². The van der Waals surface area contributed by atoms with Gasteiger partial charge in [-0.3, -0.25) is 4.79 Å². The van der Waals surface area contributed by atoms with Gasteiger partial charge in [0.25, 0.3) is 5.91 Å². The van der Waals surface area contributed by atoms with Crippen molar-refractivity contribution in [1.82, 2.24) is 15.0 Å². The number of benzene rings is 1. The second-order valence-electron chi connectivity index (χ2n) is 5.28. The highest BCUT2D eigenvalue weighted by Crippen LogP contribution is 2.31. The number of nitrogens with zero attached hydrogens (tertiary/aromatic N) is 3. The standard InChI is InChI=1S/C15H14F3N3O4/c16-15(17,18)10-2-1-3-11(6-10)24-8-13(22)21-4-5-23-7-12(21)14-19-9-25-20-14/h1-3,6,9,12H,4-5,7-8H2/t12-/m0/s1. The van der Waals surface area contributed by atoms with Crippen molar-refractivity contribution in [3.63, 3.8) is 0 Å². The molecule has 10 heteroatoms. The van der Waals surface area contributed by atoms with Gasteiger partial charge in [0.05, 0.1) is 18.8 Å². The van der Waals surface area contributed by atoms with E-state index >= 15 is 0 Å². The first kappa shape index (κ1) is 17.2. The molecule has 25 heavy (non-hydrogen) atoms. The summed E-state index contributed by atoms with van der Waals surface area (Å²) in [5.41, 5.74) is -0.839. The van der Waals surface area contributed by atoms with Crippen LogP contribution in [0.25, 0.3) is 0 Å². The van der Waals surface area contributed by atoms with E-state index in [9.17, 15) is 18.0 Å². The number of carbonyl (C=O) groups excluding carboxylic acids is 1. The lowest BCUT2D eigenvalue weighted by Crippen LogP contribution is -2.45. The summed E-state index contributed by atoms with van der Waals surface area (Å²) in [7, 11) is 0. The molecule has 1 aliphatic rings. The Kier molecular flexibility index (Phi) is 4.88. The van der Waals surface area contributed by atoms with Gasteiger partial charge in [0.1, 0.15) is 11.8 Å². The summed E-state index contributed by atoms with van der Waals surface area (Å²) in [6, 6.07) is 3.84. The van der Waals surface area contributed by atoms with E-state index in [-0.39, 0.29) is 12.4 Å². The number of alkyl halides is 3. The second-order valence-corrected chi connectivity index (χ2v) is 5.28. The number of morpholine rings is 1. The monoisotopic (exact) mass is 357 g/mol. The van der Waals surface area contributed by atoms with E-state index in [1.54, 1.807) is 0 Å². The lowest BCUT2D eigenvalue weighted by atomic mass is 10.2.